The van der Waals surface area contributed by atoms with E-state index in [1.54, 1.807) is 12.1 Å². The highest BCUT2D eigenvalue weighted by atomic mass is 32.2. The van der Waals surface area contributed by atoms with Gasteiger partial charge in [0.2, 0.25) is 0 Å². The Morgan fingerprint density at radius 3 is 2.59 bits per heavy atom. The van der Waals surface area contributed by atoms with E-state index in [1.807, 2.05) is 11.6 Å². The maximum absolute atomic E-state index is 14.7. The summed E-state index contributed by atoms with van der Waals surface area (Å²) in [5.41, 5.74) is 3.33. The number of aromatic amines is 1. The Labute approximate surface area is 395 Å². The number of piperidine rings is 1. The molecular formula is C50H59FN8O8S. The van der Waals surface area contributed by atoms with Gasteiger partial charge in [0.05, 0.1) is 28.8 Å². The maximum Gasteiger partial charge on any atom is 0.392 e. The Kier molecular flexibility index (Phi) is 12.1. The number of carbonyl (C=O) groups is 1. The molecule has 68 heavy (non-hydrogen) atoms. The van der Waals surface area contributed by atoms with Crippen molar-refractivity contribution in [1.82, 2.24) is 24.6 Å². The van der Waals surface area contributed by atoms with Gasteiger partial charge >= 0.3 is 15.8 Å². The fourth-order valence-electron chi connectivity index (χ4n) is 11.6. The van der Waals surface area contributed by atoms with Crippen LogP contribution in [-0.4, -0.2) is 88.1 Å². The van der Waals surface area contributed by atoms with Crippen molar-refractivity contribution in [2.75, 3.05) is 36.5 Å². The van der Waals surface area contributed by atoms with Crippen LogP contribution in [0.4, 0.5) is 21.6 Å². The van der Waals surface area contributed by atoms with Crippen molar-refractivity contribution in [3.8, 4) is 17.2 Å². The average molecular weight is 951 g/mol. The molecule has 0 unspecified atom stereocenters. The van der Waals surface area contributed by atoms with Crippen LogP contribution >= 0.6 is 0 Å². The predicted molar refractivity (Wildman–Crippen MR) is 254 cm³/mol. The molecule has 6 heterocycles. The zero-order valence-corrected chi connectivity index (χ0v) is 39.5. The second-order valence-electron chi connectivity index (χ2n) is 20.4. The van der Waals surface area contributed by atoms with E-state index >= 15 is 0 Å². The number of carbonyl (C=O) groups excluding carboxylic acids is 1. The molecule has 3 aromatic heterocycles. The van der Waals surface area contributed by atoms with Crippen LogP contribution in [0.2, 0.25) is 0 Å². The Balaban J connectivity index is 0.853. The van der Waals surface area contributed by atoms with Crippen LogP contribution in [0.3, 0.4) is 0 Å². The van der Waals surface area contributed by atoms with E-state index in [1.165, 1.54) is 48.5 Å². The zero-order chi connectivity index (χ0) is 47.5. The predicted octanol–water partition coefficient (Wildman–Crippen LogP) is 9.13. The molecule has 0 radical (unpaired) electrons. The lowest BCUT2D eigenvalue weighted by Crippen LogP contribution is -2.54. The number of pyridine rings is 2. The maximum atomic E-state index is 14.7. The standard InChI is InChI=1S/C50H59FN8O8S/c1-30(2)36-7-4-5-8-37(36)41-9-6-18-58(41)34-25-50(26-34)16-19-57(20-17-50)33-10-11-38(42(22-33)67-35-23-39-40(51)28-53-46(39)52-27-35)48(60)56-68(64,65)44-24-43-45(47(55-44)59(62)63)54-32(29-66-43)21-31-12-14-49(3,61)15-13-31/h4-5,7-8,10-11,22-24,27-28,30-32,34,41,54,61H,6,9,12-21,25-26,29H2,1-3H3,(H,52,53)(H,56,60)/t31?,32-,41+,49?/m0/s1. The SMILES string of the molecule is CC(C)c1ccccc1[C@H]1CCCN1C1CC2(CCN(c3ccc(C(=O)NS(=O)(=O)c4cc5c(c([N+](=O)[O-])n4)N[C@@H](CC4CCC(C)(O)CC4)CO5)c(Oc4cnc5[nH]cc(F)c5c4)c3)CC2)C1. The van der Waals surface area contributed by atoms with Gasteiger partial charge in [0.25, 0.3) is 10.9 Å². The number of sulfonamides is 1. The molecule has 5 aliphatic rings. The van der Waals surface area contributed by atoms with Gasteiger partial charge in [-0.25, -0.2) is 14.1 Å². The van der Waals surface area contributed by atoms with Gasteiger partial charge in [0.1, 0.15) is 29.6 Å². The Bertz CT molecular complexity index is 2850. The number of nitrogens with zero attached hydrogens (tertiary/aromatic N) is 5. The zero-order valence-electron chi connectivity index (χ0n) is 38.7. The quantitative estimate of drug-likeness (QED) is 0.0681. The highest BCUT2D eigenvalue weighted by Gasteiger charge is 2.50. The summed E-state index contributed by atoms with van der Waals surface area (Å²) in [5, 5.41) is 25.2. The number of anilines is 2. The number of amides is 1. The molecule has 2 aromatic carbocycles. The van der Waals surface area contributed by atoms with Gasteiger partial charge in [-0.3, -0.25) is 9.69 Å². The highest BCUT2D eigenvalue weighted by molar-refractivity contribution is 7.90. The molecule has 2 aliphatic carbocycles. The molecule has 2 saturated heterocycles. The molecular weight excluding hydrogens is 892 g/mol. The molecule has 2 atom stereocenters. The molecule has 0 bridgehead atoms. The first-order chi connectivity index (χ1) is 32.5. The van der Waals surface area contributed by atoms with E-state index in [0.29, 0.717) is 42.9 Å². The Morgan fingerprint density at radius 2 is 1.84 bits per heavy atom. The number of aliphatic hydroxyl groups is 1. The molecule has 18 heteroatoms. The van der Waals surface area contributed by atoms with Crippen LogP contribution in [0.25, 0.3) is 11.0 Å². The van der Waals surface area contributed by atoms with Crippen molar-refractivity contribution in [2.45, 2.75) is 126 Å². The molecule has 360 valence electrons. The summed E-state index contributed by atoms with van der Waals surface area (Å²) in [4.78, 5) is 41.5. The van der Waals surface area contributed by atoms with Crippen LogP contribution < -0.4 is 24.4 Å². The van der Waals surface area contributed by atoms with Gasteiger partial charge < -0.3 is 39.9 Å². The molecule has 2 saturated carbocycles. The summed E-state index contributed by atoms with van der Waals surface area (Å²) in [6.45, 7) is 9.16. The Morgan fingerprint density at radius 1 is 1.07 bits per heavy atom. The largest absolute Gasteiger partial charge is 0.489 e. The first-order valence-electron chi connectivity index (χ1n) is 24.0. The lowest BCUT2D eigenvalue weighted by molar-refractivity contribution is -0.389. The van der Waals surface area contributed by atoms with Crippen LogP contribution in [0, 0.1) is 27.3 Å². The summed E-state index contributed by atoms with van der Waals surface area (Å²) in [7, 11) is -4.82. The molecule has 4 N–H and O–H groups in total. The van der Waals surface area contributed by atoms with Gasteiger partial charge in [-0.2, -0.15) is 8.42 Å². The first-order valence-corrected chi connectivity index (χ1v) is 25.4. The van der Waals surface area contributed by atoms with Crippen LogP contribution in [0.5, 0.6) is 17.2 Å². The van der Waals surface area contributed by atoms with E-state index in [4.69, 9.17) is 9.47 Å². The molecule has 1 amide bonds. The minimum atomic E-state index is -4.82. The van der Waals surface area contributed by atoms with E-state index in [0.717, 1.165) is 69.9 Å². The number of fused-ring (bicyclic) bond motifs is 2. The Hall–Kier alpha value is -5.85. The number of ether oxygens (including phenoxy) is 2. The monoisotopic (exact) mass is 950 g/mol. The van der Waals surface area contributed by atoms with Crippen LogP contribution in [-0.2, 0) is 10.0 Å². The van der Waals surface area contributed by atoms with Crippen molar-refractivity contribution in [3.05, 3.63) is 99.6 Å². The number of benzene rings is 2. The summed E-state index contributed by atoms with van der Waals surface area (Å²) < 4.78 is 56.7. The highest BCUT2D eigenvalue weighted by Crippen LogP contribution is 2.54. The third-order valence-electron chi connectivity index (χ3n) is 15.4. The van der Waals surface area contributed by atoms with Gasteiger partial charge in [0, 0.05) is 49.2 Å². The van der Waals surface area contributed by atoms with Crippen molar-refractivity contribution >= 4 is 44.2 Å². The van der Waals surface area contributed by atoms with Crippen molar-refractivity contribution in [2.24, 2.45) is 11.3 Å². The fraction of sp³-hybridized carbons (Fsp3) is 0.500. The van der Waals surface area contributed by atoms with Gasteiger partial charge in [-0.15, -0.1) is 0 Å². The smallest absolute Gasteiger partial charge is 0.392 e. The minimum absolute atomic E-state index is 0.00239. The second-order valence-corrected chi connectivity index (χ2v) is 22.0. The number of likely N-dealkylation sites (tertiary alicyclic amines) is 1. The van der Waals surface area contributed by atoms with Gasteiger partial charge in [-0.1, -0.05) is 38.1 Å². The molecule has 16 nitrogen and oxygen atoms in total. The van der Waals surface area contributed by atoms with Crippen molar-refractivity contribution in [3.63, 3.8) is 0 Å². The first kappa shape index (κ1) is 45.9. The summed E-state index contributed by atoms with van der Waals surface area (Å²) in [6, 6.07) is 17.0. The topological polar surface area (TPSA) is 205 Å². The number of hydrogen-bond acceptors (Lipinski definition) is 13. The number of aromatic nitrogens is 3. The summed E-state index contributed by atoms with van der Waals surface area (Å²) in [5.74, 6) is -1.59. The molecule has 1 spiro atoms. The second kappa shape index (κ2) is 17.9. The van der Waals surface area contributed by atoms with Gasteiger partial charge in [0.15, 0.2) is 11.4 Å². The summed E-state index contributed by atoms with van der Waals surface area (Å²) in [6.07, 6.45) is 12.8. The number of halogens is 1. The van der Waals surface area contributed by atoms with Crippen molar-refractivity contribution < 1.29 is 37.1 Å². The van der Waals surface area contributed by atoms with E-state index in [2.05, 4.69) is 68.2 Å². The van der Waals surface area contributed by atoms with Crippen LogP contribution in [0.1, 0.15) is 125 Å². The molecule has 10 rings (SSSR count). The lowest BCUT2D eigenvalue weighted by atomic mass is 9.59. The average Bonchev–Trinajstić information content (AvgIpc) is 3.94. The summed E-state index contributed by atoms with van der Waals surface area (Å²) >= 11 is 0. The van der Waals surface area contributed by atoms with E-state index < -0.39 is 43.1 Å². The number of hydrogen-bond donors (Lipinski definition) is 4. The minimum Gasteiger partial charge on any atom is -0.489 e. The number of nitrogens with one attached hydrogen (secondary N) is 3. The number of nitro groups is 1. The van der Waals surface area contributed by atoms with E-state index in [-0.39, 0.29) is 57.9 Å². The molecule has 3 aliphatic heterocycles. The number of H-pyrrole nitrogens is 1. The normalized spacial score (nSPS) is 24.0. The third-order valence-corrected chi connectivity index (χ3v) is 16.6. The lowest BCUT2D eigenvalue weighted by Gasteiger charge is -2.56. The van der Waals surface area contributed by atoms with Crippen LogP contribution in [0.15, 0.2) is 72.0 Å². The number of rotatable bonds is 12. The van der Waals surface area contributed by atoms with E-state index in [9.17, 15) is 32.8 Å². The van der Waals surface area contributed by atoms with Crippen molar-refractivity contribution in [1.29, 1.82) is 0 Å². The molecule has 4 fully saturated rings. The fourth-order valence-corrected chi connectivity index (χ4v) is 12.5. The third kappa shape index (κ3) is 9.09. The van der Waals surface area contributed by atoms with Gasteiger partial charge in [-0.05, 0) is 141 Å². The molecule has 5 aromatic rings.